The molecule has 1 aliphatic rings. The fourth-order valence-corrected chi connectivity index (χ4v) is 4.51. The van der Waals surface area contributed by atoms with Crippen LogP contribution in [0.3, 0.4) is 0 Å². The van der Waals surface area contributed by atoms with Gasteiger partial charge in [0, 0.05) is 26.2 Å². The van der Waals surface area contributed by atoms with Gasteiger partial charge in [0.15, 0.2) is 0 Å². The van der Waals surface area contributed by atoms with E-state index < -0.39 is 33.8 Å². The van der Waals surface area contributed by atoms with Crippen LogP contribution in [0.5, 0.6) is 0 Å². The lowest BCUT2D eigenvalue weighted by atomic mass is 9.74. The Balaban J connectivity index is 2.95. The number of nitrogens with zero attached hydrogens (tertiary/aromatic N) is 3. The van der Waals surface area contributed by atoms with E-state index >= 15 is 0 Å². The second-order valence-corrected chi connectivity index (χ2v) is 8.43. The quantitative estimate of drug-likeness (QED) is 0.788. The van der Waals surface area contributed by atoms with Gasteiger partial charge in [-0.1, -0.05) is 13.8 Å². The molecule has 0 unspecified atom stereocenters. The molecular weight excluding hydrogens is 319 g/mol. The second kappa shape index (κ2) is 6.34. The molecule has 1 saturated heterocycles. The van der Waals surface area contributed by atoms with Crippen molar-refractivity contribution in [3.8, 4) is 6.07 Å². The average molecular weight is 341 g/mol. The van der Waals surface area contributed by atoms with Crippen molar-refractivity contribution in [2.45, 2.75) is 45.8 Å². The zero-order valence-corrected chi connectivity index (χ0v) is 14.0. The van der Waals surface area contributed by atoms with Crippen LogP contribution in [-0.2, 0) is 10.2 Å². The number of halogens is 3. The third-order valence-corrected chi connectivity index (χ3v) is 6.34. The molecule has 2 atom stereocenters. The van der Waals surface area contributed by atoms with E-state index in [9.17, 15) is 21.6 Å². The van der Waals surface area contributed by atoms with Gasteiger partial charge in [0.1, 0.15) is 0 Å². The van der Waals surface area contributed by atoms with Gasteiger partial charge in [0.25, 0.3) is 10.2 Å². The van der Waals surface area contributed by atoms with Crippen LogP contribution in [0.15, 0.2) is 0 Å². The smallest absolute Gasteiger partial charge is 0.198 e. The summed E-state index contributed by atoms with van der Waals surface area (Å²) in [6.07, 6.45) is -4.56. The van der Waals surface area contributed by atoms with Crippen molar-refractivity contribution in [1.82, 2.24) is 8.61 Å². The van der Waals surface area contributed by atoms with Gasteiger partial charge < -0.3 is 0 Å². The van der Waals surface area contributed by atoms with Crippen LogP contribution >= 0.6 is 0 Å². The van der Waals surface area contributed by atoms with Crippen LogP contribution in [0.1, 0.15) is 33.6 Å². The summed E-state index contributed by atoms with van der Waals surface area (Å²) in [5, 5.41) is 8.66. The summed E-state index contributed by atoms with van der Waals surface area (Å²) >= 11 is 0. The third-order valence-electron chi connectivity index (χ3n) is 4.29. The van der Waals surface area contributed by atoms with Gasteiger partial charge in [0.05, 0.1) is 18.4 Å². The number of piperidine rings is 1. The normalized spacial score (nSPS) is 25.0. The Hall–Kier alpha value is -0.850. The highest BCUT2D eigenvalue weighted by molar-refractivity contribution is 7.86. The zero-order chi connectivity index (χ0) is 17.3. The van der Waals surface area contributed by atoms with Crippen molar-refractivity contribution in [3.05, 3.63) is 0 Å². The molecule has 1 rings (SSSR count). The molecule has 0 spiro atoms. The summed E-state index contributed by atoms with van der Waals surface area (Å²) in [5.74, 6) is -1.52. The maximum Gasteiger partial charge on any atom is 0.392 e. The molecule has 1 heterocycles. The first-order chi connectivity index (χ1) is 9.84. The van der Waals surface area contributed by atoms with E-state index in [4.69, 9.17) is 5.26 Å². The Kier molecular flexibility index (Phi) is 5.53. The minimum Gasteiger partial charge on any atom is -0.198 e. The summed E-state index contributed by atoms with van der Waals surface area (Å²) in [5.41, 5.74) is -1.19. The van der Waals surface area contributed by atoms with Gasteiger partial charge in [-0.15, -0.1) is 0 Å². The third kappa shape index (κ3) is 3.91. The number of nitriles is 1. The Morgan fingerprint density at radius 1 is 1.45 bits per heavy atom. The number of alkyl halides is 3. The van der Waals surface area contributed by atoms with Crippen molar-refractivity contribution in [2.24, 2.45) is 11.3 Å². The van der Waals surface area contributed by atoms with Crippen molar-refractivity contribution in [1.29, 1.82) is 5.26 Å². The number of hydrogen-bond donors (Lipinski definition) is 0. The predicted octanol–water partition coefficient (Wildman–Crippen LogP) is 2.38. The maximum atomic E-state index is 13.0. The molecular formula is C13H22F3N3O2S. The SMILES string of the molecule is C[C@@H](CC#N)N(C)S(=O)(=O)N1CC[C@H](C(F)(F)F)C(C)(C)C1. The lowest BCUT2D eigenvalue weighted by molar-refractivity contribution is -0.213. The molecule has 0 saturated carbocycles. The van der Waals surface area contributed by atoms with Crippen LogP contribution in [0.25, 0.3) is 0 Å². The highest BCUT2D eigenvalue weighted by Gasteiger charge is 2.53. The summed E-state index contributed by atoms with van der Waals surface area (Å²) in [6, 6.07) is 1.36. The minimum atomic E-state index is -4.33. The van der Waals surface area contributed by atoms with Gasteiger partial charge in [-0.2, -0.15) is 35.5 Å². The lowest BCUT2D eigenvalue weighted by Crippen LogP contribution is -2.55. The summed E-state index contributed by atoms with van der Waals surface area (Å²) < 4.78 is 66.3. The zero-order valence-electron chi connectivity index (χ0n) is 13.2. The van der Waals surface area contributed by atoms with Crippen LogP contribution in [-0.4, -0.2) is 49.4 Å². The molecule has 0 aromatic rings. The lowest BCUT2D eigenvalue weighted by Gasteiger charge is -2.45. The highest BCUT2D eigenvalue weighted by Crippen LogP contribution is 2.45. The Morgan fingerprint density at radius 2 is 2.00 bits per heavy atom. The second-order valence-electron chi connectivity index (χ2n) is 6.44. The number of hydrogen-bond acceptors (Lipinski definition) is 3. The van der Waals surface area contributed by atoms with E-state index in [0.717, 1.165) is 8.61 Å². The molecule has 128 valence electrons. The first kappa shape index (κ1) is 19.2. The molecule has 0 aliphatic carbocycles. The van der Waals surface area contributed by atoms with Gasteiger partial charge in [-0.25, -0.2) is 0 Å². The molecule has 9 heteroatoms. The summed E-state index contributed by atoms with van der Waals surface area (Å²) in [6.45, 7) is 4.11. The van der Waals surface area contributed by atoms with Gasteiger partial charge >= 0.3 is 6.18 Å². The molecule has 1 fully saturated rings. The van der Waals surface area contributed by atoms with Crippen LogP contribution in [0.2, 0.25) is 0 Å². The van der Waals surface area contributed by atoms with E-state index in [1.54, 1.807) is 6.92 Å². The summed E-state index contributed by atoms with van der Waals surface area (Å²) in [4.78, 5) is 0. The van der Waals surface area contributed by atoms with Gasteiger partial charge in [0.2, 0.25) is 0 Å². The van der Waals surface area contributed by atoms with Crippen molar-refractivity contribution < 1.29 is 21.6 Å². The largest absolute Gasteiger partial charge is 0.392 e. The molecule has 0 amide bonds. The molecule has 22 heavy (non-hydrogen) atoms. The molecule has 0 bridgehead atoms. The Bertz CT molecular complexity index is 540. The number of rotatable bonds is 4. The van der Waals surface area contributed by atoms with Crippen LogP contribution in [0, 0.1) is 22.7 Å². The molecule has 5 nitrogen and oxygen atoms in total. The van der Waals surface area contributed by atoms with E-state index in [1.165, 1.54) is 20.9 Å². The first-order valence-corrected chi connectivity index (χ1v) is 8.40. The highest BCUT2D eigenvalue weighted by atomic mass is 32.2. The van der Waals surface area contributed by atoms with Crippen molar-refractivity contribution >= 4 is 10.2 Å². The Labute approximate surface area is 129 Å². The van der Waals surface area contributed by atoms with E-state index in [1.807, 2.05) is 6.07 Å². The standard InChI is InChI=1S/C13H22F3N3O2S/c1-10(5-7-17)18(4)22(20,21)19-8-6-11(13(14,15)16)12(2,3)9-19/h10-11H,5-6,8-9H2,1-4H3/t10-,11-/m0/s1. The molecule has 0 N–H and O–H groups in total. The maximum absolute atomic E-state index is 13.0. The van der Waals surface area contributed by atoms with E-state index in [-0.39, 0.29) is 25.9 Å². The molecule has 1 aliphatic heterocycles. The first-order valence-electron chi connectivity index (χ1n) is 7.01. The van der Waals surface area contributed by atoms with Gasteiger partial charge in [-0.05, 0) is 18.8 Å². The fraction of sp³-hybridized carbons (Fsp3) is 0.923. The van der Waals surface area contributed by atoms with E-state index in [0.29, 0.717) is 0 Å². The van der Waals surface area contributed by atoms with Crippen molar-refractivity contribution in [2.75, 3.05) is 20.1 Å². The monoisotopic (exact) mass is 341 g/mol. The molecule has 0 aromatic carbocycles. The topological polar surface area (TPSA) is 64.4 Å². The van der Waals surface area contributed by atoms with Crippen molar-refractivity contribution in [3.63, 3.8) is 0 Å². The van der Waals surface area contributed by atoms with Gasteiger partial charge in [-0.3, -0.25) is 0 Å². The van der Waals surface area contributed by atoms with Crippen LogP contribution in [0.4, 0.5) is 13.2 Å². The predicted molar refractivity (Wildman–Crippen MR) is 75.9 cm³/mol. The fourth-order valence-electron chi connectivity index (χ4n) is 2.78. The van der Waals surface area contributed by atoms with Crippen LogP contribution < -0.4 is 0 Å². The average Bonchev–Trinajstić information content (AvgIpc) is 2.35. The summed E-state index contributed by atoms with van der Waals surface area (Å²) in [7, 11) is -2.53. The Morgan fingerprint density at radius 3 is 2.41 bits per heavy atom. The minimum absolute atomic E-state index is 0.0259. The molecule has 0 radical (unpaired) electrons. The van der Waals surface area contributed by atoms with E-state index in [2.05, 4.69) is 0 Å². The molecule has 0 aromatic heterocycles.